The predicted octanol–water partition coefficient (Wildman–Crippen LogP) is 17.7. The molecule has 330 valence electrons. The Bertz CT molecular complexity index is 4050. The van der Waals surface area contributed by atoms with E-state index in [1.165, 1.54) is 71.1 Å². The van der Waals surface area contributed by atoms with E-state index < -0.39 is 0 Å². The third-order valence-electron chi connectivity index (χ3n) is 14.4. The van der Waals surface area contributed by atoms with Crippen LogP contribution < -0.4 is 4.90 Å². The van der Waals surface area contributed by atoms with E-state index in [0.29, 0.717) is 0 Å². The van der Waals surface area contributed by atoms with Crippen molar-refractivity contribution in [2.75, 3.05) is 4.90 Å². The molecule has 1 aliphatic rings. The fraction of sp³-hybridized carbons (Fsp3) is 0.0303. The van der Waals surface area contributed by atoms with E-state index in [0.717, 1.165) is 63.5 Å². The number of para-hydroxylation sites is 6. The zero-order valence-electron chi connectivity index (χ0n) is 38.5. The number of nitrogens with zero attached hydrogens (tertiary/aromatic N) is 4. The number of hydrogen-bond donors (Lipinski definition) is 0. The van der Waals surface area contributed by atoms with E-state index in [4.69, 9.17) is 0 Å². The Hall–Kier alpha value is -9.12. The fourth-order valence-electron chi connectivity index (χ4n) is 11.3. The average Bonchev–Trinajstić information content (AvgIpc) is 4.07. The molecule has 1 aliphatic carbocycles. The molecule has 3 aromatic heterocycles. The van der Waals surface area contributed by atoms with Gasteiger partial charge in [0.1, 0.15) is 0 Å². The normalized spacial score (nSPS) is 12.8. The Kier molecular flexibility index (Phi) is 9.31. The Morgan fingerprint density at radius 1 is 0.286 bits per heavy atom. The lowest BCUT2D eigenvalue weighted by atomic mass is 9.95. The van der Waals surface area contributed by atoms with Crippen LogP contribution in [0.5, 0.6) is 0 Å². The third-order valence-corrected chi connectivity index (χ3v) is 14.4. The summed E-state index contributed by atoms with van der Waals surface area (Å²) in [5.41, 5.74) is 18.6. The highest BCUT2D eigenvalue weighted by Gasteiger charge is 2.22. The standard InChI is InChI=1S/C66H46N4/c1-5-19-49(20-6-1)67(53-35-38-64-60(44-53)57-29-15-18-32-63(57)68(64)50-21-7-2-8-22-50)54-40-47(45-33-36-58-55-27-13-16-30-61(55)69(65(58)42-45)51-23-9-3-10-24-51)39-48(41-54)46-34-37-59-56-28-14-17-31-62(56)70(66(59)43-46)52-25-11-4-12-26-52/h2-5,7-44H,1,6H2. The second kappa shape index (κ2) is 16.3. The monoisotopic (exact) mass is 894 g/mol. The summed E-state index contributed by atoms with van der Waals surface area (Å²) in [6.45, 7) is 0. The molecule has 0 spiro atoms. The van der Waals surface area contributed by atoms with E-state index >= 15 is 0 Å². The van der Waals surface area contributed by atoms with Crippen LogP contribution in [-0.4, -0.2) is 13.7 Å². The van der Waals surface area contributed by atoms with Gasteiger partial charge in [0.2, 0.25) is 0 Å². The average molecular weight is 895 g/mol. The van der Waals surface area contributed by atoms with Crippen LogP contribution >= 0.6 is 0 Å². The summed E-state index contributed by atoms with van der Waals surface area (Å²) >= 11 is 0. The lowest BCUT2D eigenvalue weighted by molar-refractivity contribution is 0.997. The fourth-order valence-corrected chi connectivity index (χ4v) is 11.3. The van der Waals surface area contributed by atoms with Gasteiger partial charge >= 0.3 is 0 Å². The van der Waals surface area contributed by atoms with Crippen molar-refractivity contribution in [1.29, 1.82) is 0 Å². The maximum absolute atomic E-state index is 2.48. The van der Waals surface area contributed by atoms with Crippen molar-refractivity contribution in [2.45, 2.75) is 12.8 Å². The number of allylic oxidation sites excluding steroid dienone is 3. The number of aromatic nitrogens is 3. The predicted molar refractivity (Wildman–Crippen MR) is 295 cm³/mol. The molecule has 0 atom stereocenters. The van der Waals surface area contributed by atoms with Crippen molar-refractivity contribution in [3.63, 3.8) is 0 Å². The van der Waals surface area contributed by atoms with Gasteiger partial charge in [0.05, 0.1) is 33.1 Å². The van der Waals surface area contributed by atoms with Crippen molar-refractivity contribution in [3.8, 4) is 39.3 Å². The van der Waals surface area contributed by atoms with Crippen LogP contribution in [0.2, 0.25) is 0 Å². The van der Waals surface area contributed by atoms with E-state index in [9.17, 15) is 0 Å². The van der Waals surface area contributed by atoms with Gasteiger partial charge in [-0.2, -0.15) is 0 Å². The quantitative estimate of drug-likeness (QED) is 0.149. The summed E-state index contributed by atoms with van der Waals surface area (Å²) in [6.07, 6.45) is 9.03. The molecule has 0 saturated heterocycles. The maximum atomic E-state index is 2.48. The van der Waals surface area contributed by atoms with Gasteiger partial charge in [-0.15, -0.1) is 0 Å². The van der Waals surface area contributed by atoms with Crippen LogP contribution in [-0.2, 0) is 0 Å². The smallest absolute Gasteiger partial charge is 0.0547 e. The van der Waals surface area contributed by atoms with Crippen molar-refractivity contribution in [1.82, 2.24) is 13.7 Å². The van der Waals surface area contributed by atoms with E-state index in [1.54, 1.807) is 0 Å². The summed E-state index contributed by atoms with van der Waals surface area (Å²) in [7, 11) is 0. The largest absolute Gasteiger partial charge is 0.311 e. The molecule has 0 unspecified atom stereocenters. The molecular formula is C66H46N4. The third kappa shape index (κ3) is 6.45. The van der Waals surface area contributed by atoms with Gasteiger partial charge in [-0.1, -0.05) is 146 Å². The highest BCUT2D eigenvalue weighted by Crippen LogP contribution is 2.44. The zero-order valence-corrected chi connectivity index (χ0v) is 38.5. The van der Waals surface area contributed by atoms with Gasteiger partial charge in [0.25, 0.3) is 0 Å². The van der Waals surface area contributed by atoms with Crippen LogP contribution in [0.25, 0.3) is 105 Å². The number of fused-ring (bicyclic) bond motifs is 9. The minimum absolute atomic E-state index is 0.978. The molecular weight excluding hydrogens is 849 g/mol. The van der Waals surface area contributed by atoms with Gasteiger partial charge in [-0.25, -0.2) is 0 Å². The molecule has 14 rings (SSSR count). The van der Waals surface area contributed by atoms with Crippen LogP contribution in [0.3, 0.4) is 0 Å². The highest BCUT2D eigenvalue weighted by atomic mass is 15.1. The van der Waals surface area contributed by atoms with Crippen LogP contribution in [0.1, 0.15) is 12.8 Å². The molecule has 10 aromatic carbocycles. The minimum atomic E-state index is 0.978. The number of rotatable bonds is 8. The van der Waals surface area contributed by atoms with E-state index in [2.05, 4.69) is 273 Å². The van der Waals surface area contributed by atoms with E-state index in [-0.39, 0.29) is 0 Å². The SMILES string of the molecule is C1=CC(N(c2cc(-c3ccc4c5ccccc5n(-c5ccccc5)c4c3)cc(-c3ccc4c5ccccc5n(-c5ccccc5)c4c3)c2)c2ccc3c(c2)c2ccccc2n3-c2ccccc2)=CCC1. The van der Waals surface area contributed by atoms with Crippen LogP contribution in [0.15, 0.2) is 261 Å². The van der Waals surface area contributed by atoms with Gasteiger partial charge in [-0.05, 0) is 144 Å². The molecule has 0 N–H and O–H groups in total. The lowest BCUT2D eigenvalue weighted by Crippen LogP contribution is -2.16. The first-order chi connectivity index (χ1) is 34.7. The highest BCUT2D eigenvalue weighted by molar-refractivity contribution is 6.13. The second-order valence-electron chi connectivity index (χ2n) is 18.4. The van der Waals surface area contributed by atoms with Gasteiger partial charge in [0.15, 0.2) is 0 Å². The van der Waals surface area contributed by atoms with Crippen molar-refractivity contribution < 1.29 is 0 Å². The molecule has 4 nitrogen and oxygen atoms in total. The zero-order chi connectivity index (χ0) is 46.1. The van der Waals surface area contributed by atoms with Crippen LogP contribution in [0.4, 0.5) is 11.4 Å². The summed E-state index contributed by atoms with van der Waals surface area (Å²) in [5.74, 6) is 0. The first-order valence-corrected chi connectivity index (χ1v) is 24.3. The van der Waals surface area contributed by atoms with E-state index in [1.807, 2.05) is 0 Å². The molecule has 70 heavy (non-hydrogen) atoms. The lowest BCUT2D eigenvalue weighted by Gasteiger charge is -2.29. The van der Waals surface area contributed by atoms with Crippen molar-refractivity contribution in [2.24, 2.45) is 0 Å². The molecule has 0 radical (unpaired) electrons. The molecule has 4 heteroatoms. The number of benzene rings is 10. The number of hydrogen-bond acceptors (Lipinski definition) is 1. The molecule has 0 bridgehead atoms. The summed E-state index contributed by atoms with van der Waals surface area (Å²) < 4.78 is 7.23. The van der Waals surface area contributed by atoms with Crippen molar-refractivity contribution in [3.05, 3.63) is 261 Å². The Morgan fingerprint density at radius 3 is 1.20 bits per heavy atom. The first kappa shape index (κ1) is 40.0. The van der Waals surface area contributed by atoms with Gasteiger partial charge in [-0.3, -0.25) is 0 Å². The van der Waals surface area contributed by atoms with Crippen LogP contribution in [0, 0.1) is 0 Å². The summed E-state index contributed by atoms with van der Waals surface area (Å²) in [5, 5.41) is 7.42. The Labute approximate surface area is 406 Å². The first-order valence-electron chi connectivity index (χ1n) is 24.3. The summed E-state index contributed by atoms with van der Waals surface area (Å²) in [4.78, 5) is 2.48. The number of anilines is 2. The summed E-state index contributed by atoms with van der Waals surface area (Å²) in [6, 6.07) is 86.9. The minimum Gasteiger partial charge on any atom is -0.311 e. The molecule has 0 amide bonds. The maximum Gasteiger partial charge on any atom is 0.0547 e. The molecule has 0 saturated carbocycles. The van der Waals surface area contributed by atoms with Gasteiger partial charge < -0.3 is 18.6 Å². The molecule has 0 fully saturated rings. The molecule has 3 heterocycles. The molecule has 13 aromatic rings. The topological polar surface area (TPSA) is 18.0 Å². The second-order valence-corrected chi connectivity index (χ2v) is 18.4. The van der Waals surface area contributed by atoms with Gasteiger partial charge in [0, 0.05) is 66.5 Å². The Morgan fingerprint density at radius 2 is 0.714 bits per heavy atom. The Balaban J connectivity index is 1.03. The van der Waals surface area contributed by atoms with Crippen molar-refractivity contribution >= 4 is 76.8 Å². The molecule has 0 aliphatic heterocycles.